The van der Waals surface area contributed by atoms with Crippen molar-refractivity contribution in [1.29, 1.82) is 0 Å². The molecule has 3 heterocycles. The Bertz CT molecular complexity index is 1790. The van der Waals surface area contributed by atoms with Crippen molar-refractivity contribution in [3.8, 4) is 5.75 Å². The van der Waals surface area contributed by atoms with E-state index in [9.17, 15) is 18.0 Å². The van der Waals surface area contributed by atoms with Crippen LogP contribution in [0.2, 0.25) is 5.02 Å². The summed E-state index contributed by atoms with van der Waals surface area (Å²) >= 11 is 6.40. The molecule has 7 rings (SSSR count). The molecule has 5 aliphatic rings. The van der Waals surface area contributed by atoms with Crippen LogP contribution in [0.25, 0.3) is 0 Å². The molecule has 11 nitrogen and oxygen atoms in total. The fourth-order valence-electron chi connectivity index (χ4n) is 8.84. The molecule has 1 saturated heterocycles. The smallest absolute Gasteiger partial charge is 0.264 e. The maximum Gasteiger partial charge on any atom is 0.264 e. The number of halogens is 1. The molecule has 2 N–H and O–H groups in total. The van der Waals surface area contributed by atoms with E-state index in [-0.39, 0.29) is 28.7 Å². The van der Waals surface area contributed by atoms with E-state index in [2.05, 4.69) is 32.0 Å². The van der Waals surface area contributed by atoms with Crippen LogP contribution in [0, 0.1) is 17.8 Å². The van der Waals surface area contributed by atoms with Crippen LogP contribution in [0.3, 0.4) is 0 Å². The number of nitrogens with one attached hydrogen (secondary N) is 2. The lowest BCUT2D eigenvalue weighted by molar-refractivity contribution is -0.135. The molecule has 296 valence electrons. The molecule has 2 bridgehead atoms. The number of aldehydes is 1. The Balaban J connectivity index is 0.000000432. The lowest BCUT2D eigenvalue weighted by Gasteiger charge is -2.48. The molecule has 2 aromatic carbocycles. The van der Waals surface area contributed by atoms with Crippen LogP contribution >= 0.6 is 11.6 Å². The van der Waals surface area contributed by atoms with Crippen LogP contribution in [0.4, 0.5) is 5.69 Å². The Morgan fingerprint density at radius 2 is 1.89 bits per heavy atom. The lowest BCUT2D eigenvalue weighted by atomic mass is 9.64. The minimum absolute atomic E-state index is 0.0434. The number of anilines is 1. The number of nitrogens with zero attached hydrogens (tertiary/aromatic N) is 2. The van der Waals surface area contributed by atoms with Crippen molar-refractivity contribution in [2.45, 2.75) is 68.6 Å². The molecule has 2 aromatic rings. The van der Waals surface area contributed by atoms with E-state index in [1.807, 2.05) is 25.1 Å². The fraction of sp³-hybridized carbons (Fsp3) is 0.610. The molecule has 0 radical (unpaired) electrons. The molecule has 1 saturated carbocycles. The molecule has 3 aliphatic heterocycles. The van der Waals surface area contributed by atoms with Gasteiger partial charge in [0.05, 0.1) is 24.2 Å². The molecule has 6 atom stereocenters. The van der Waals surface area contributed by atoms with E-state index in [0.717, 1.165) is 70.3 Å². The van der Waals surface area contributed by atoms with E-state index in [0.29, 0.717) is 36.9 Å². The molecule has 1 amide bonds. The summed E-state index contributed by atoms with van der Waals surface area (Å²) in [4.78, 5) is 30.8. The van der Waals surface area contributed by atoms with Gasteiger partial charge in [-0.3, -0.25) is 14.5 Å². The van der Waals surface area contributed by atoms with Gasteiger partial charge in [0.1, 0.15) is 11.4 Å². The largest absolute Gasteiger partial charge is 0.490 e. The van der Waals surface area contributed by atoms with Gasteiger partial charge < -0.3 is 24.4 Å². The number of rotatable bonds is 5. The zero-order chi connectivity index (χ0) is 38.5. The highest BCUT2D eigenvalue weighted by Gasteiger charge is 2.49. The Kier molecular flexibility index (Phi) is 13.1. The maximum absolute atomic E-state index is 13.4. The summed E-state index contributed by atoms with van der Waals surface area (Å²) in [5.74, 6) is -0.203. The second-order valence-corrected chi connectivity index (χ2v) is 18.3. The number of ether oxygens (including phenoxy) is 3. The monoisotopic (exact) mass is 784 g/mol. The molecule has 0 aromatic heterocycles. The van der Waals surface area contributed by atoms with Crippen molar-refractivity contribution >= 4 is 39.5 Å². The summed E-state index contributed by atoms with van der Waals surface area (Å²) in [5.41, 5.74) is 2.05. The van der Waals surface area contributed by atoms with Crippen LogP contribution < -0.4 is 19.7 Å². The highest BCUT2D eigenvalue weighted by Crippen LogP contribution is 2.48. The van der Waals surface area contributed by atoms with Gasteiger partial charge in [0.25, 0.3) is 5.91 Å². The van der Waals surface area contributed by atoms with Crippen molar-refractivity contribution in [2.75, 3.05) is 78.1 Å². The number of methoxy groups -OCH3 is 2. The Morgan fingerprint density at radius 1 is 1.09 bits per heavy atom. The van der Waals surface area contributed by atoms with Gasteiger partial charge in [-0.25, -0.2) is 13.1 Å². The van der Waals surface area contributed by atoms with E-state index in [1.54, 1.807) is 39.3 Å². The summed E-state index contributed by atoms with van der Waals surface area (Å²) in [6.45, 7) is 11.7. The van der Waals surface area contributed by atoms with Gasteiger partial charge in [0.15, 0.2) is 6.29 Å². The van der Waals surface area contributed by atoms with Gasteiger partial charge in [0.2, 0.25) is 10.0 Å². The van der Waals surface area contributed by atoms with Crippen LogP contribution in [0.15, 0.2) is 48.6 Å². The average Bonchev–Trinajstić information content (AvgIpc) is 3.31. The summed E-state index contributed by atoms with van der Waals surface area (Å²) in [6, 6.07) is 11.3. The first kappa shape index (κ1) is 40.7. The third-order valence-corrected chi connectivity index (χ3v) is 14.7. The van der Waals surface area contributed by atoms with Crippen molar-refractivity contribution < 1.29 is 32.2 Å². The van der Waals surface area contributed by atoms with E-state index < -0.39 is 26.8 Å². The molecule has 13 heteroatoms. The van der Waals surface area contributed by atoms with E-state index >= 15 is 0 Å². The predicted molar refractivity (Wildman–Crippen MR) is 212 cm³/mol. The molecule has 54 heavy (non-hydrogen) atoms. The molecule has 0 unspecified atom stereocenters. The fourth-order valence-corrected chi connectivity index (χ4v) is 10.3. The summed E-state index contributed by atoms with van der Waals surface area (Å²) in [7, 11) is -0.654. The van der Waals surface area contributed by atoms with Crippen molar-refractivity contribution in [3.05, 3.63) is 70.3 Å². The summed E-state index contributed by atoms with van der Waals surface area (Å²) < 4.78 is 46.3. The number of hydrogen-bond donors (Lipinski definition) is 2. The predicted octanol–water partition coefficient (Wildman–Crippen LogP) is 5.01. The summed E-state index contributed by atoms with van der Waals surface area (Å²) in [5, 5.41) is 3.19. The Labute approximate surface area is 326 Å². The first-order valence-corrected chi connectivity index (χ1v) is 21.3. The highest BCUT2D eigenvalue weighted by atomic mass is 35.5. The topological polar surface area (TPSA) is 127 Å². The normalized spacial score (nSPS) is 31.6. The quantitative estimate of drug-likeness (QED) is 0.316. The Morgan fingerprint density at radius 3 is 2.59 bits per heavy atom. The minimum atomic E-state index is -3.97. The maximum atomic E-state index is 13.4. The van der Waals surface area contributed by atoms with E-state index in [1.165, 1.54) is 24.2 Å². The molecular weight excluding hydrogens is 728 g/mol. The lowest BCUT2D eigenvalue weighted by Crippen LogP contribution is -2.53. The number of piperazine rings is 1. The molecule has 2 aliphatic carbocycles. The van der Waals surface area contributed by atoms with Crippen LogP contribution in [-0.4, -0.2) is 110 Å². The zero-order valence-corrected chi connectivity index (χ0v) is 33.7. The highest BCUT2D eigenvalue weighted by molar-refractivity contribution is 7.90. The van der Waals surface area contributed by atoms with E-state index in [4.69, 9.17) is 25.8 Å². The number of allylic oxidation sites excluding steroid dienone is 1. The summed E-state index contributed by atoms with van der Waals surface area (Å²) in [6.07, 6.45) is 9.65. The Hall–Kier alpha value is -3.00. The molecular formula is C41H57ClN4O7S. The van der Waals surface area contributed by atoms with Gasteiger partial charge >= 0.3 is 0 Å². The van der Waals surface area contributed by atoms with Crippen molar-refractivity contribution in [2.24, 2.45) is 17.8 Å². The van der Waals surface area contributed by atoms with Gasteiger partial charge in [-0.1, -0.05) is 30.7 Å². The zero-order valence-electron chi connectivity index (χ0n) is 32.2. The van der Waals surface area contributed by atoms with Crippen molar-refractivity contribution in [3.63, 3.8) is 0 Å². The second kappa shape index (κ2) is 17.4. The number of benzene rings is 2. The molecule has 2 fully saturated rings. The SMILES string of the molecule is COCCN1CCNCC1.CO[C@]1(C=O)/C=C/C[C@H](C)[C@@H](C)S(=O)(=O)NC(=O)c2ccc3c(c2)N(C[C@@H]2CC[C@H]21)C[C@@]1(CCCc2cc(Cl)ccc21)CO3. The number of hydrogen-bond acceptors (Lipinski definition) is 10. The van der Waals surface area contributed by atoms with Crippen LogP contribution in [0.5, 0.6) is 5.75 Å². The minimum Gasteiger partial charge on any atom is -0.490 e. The van der Waals surface area contributed by atoms with Gasteiger partial charge in [-0.15, -0.1) is 0 Å². The number of amides is 1. The number of sulfonamides is 1. The van der Waals surface area contributed by atoms with Crippen LogP contribution in [0.1, 0.15) is 67.4 Å². The van der Waals surface area contributed by atoms with Gasteiger partial charge in [-0.05, 0) is 105 Å². The van der Waals surface area contributed by atoms with Crippen LogP contribution in [-0.2, 0) is 36.1 Å². The third-order valence-electron chi connectivity index (χ3n) is 12.5. The average molecular weight is 785 g/mol. The first-order chi connectivity index (χ1) is 25.9. The number of aryl methyl sites for hydroxylation is 1. The molecule has 1 spiro atoms. The van der Waals surface area contributed by atoms with Gasteiger partial charge in [-0.2, -0.15) is 0 Å². The number of carbonyl (C=O) groups excluding carboxylic acids is 2. The second-order valence-electron chi connectivity index (χ2n) is 15.8. The number of carbonyl (C=O) groups is 2. The van der Waals surface area contributed by atoms with Gasteiger partial charge in [0, 0.05) is 82.0 Å². The first-order valence-electron chi connectivity index (χ1n) is 19.4. The van der Waals surface area contributed by atoms with Crippen molar-refractivity contribution in [1.82, 2.24) is 14.9 Å². The number of fused-ring (bicyclic) bond motifs is 4. The standard InChI is InChI=1S/C34H41ClN2O6S.C7H16N2O/c1-22-6-4-15-34(20-38,42-3)29-11-8-26(29)18-37-19-33(14-5-7-24-16-27(35)10-12-28(24)33)21-43-31-13-9-25(17-30(31)37)32(39)36-44(40,41)23(22)2;1-10-7-6-9-4-2-8-3-5-9/h4,9-10,12-13,15-17,20,22-23,26,29H,5-8,11,14,18-19,21H2,1-3H3,(H,36,39);8H,2-7H2,1H3/b15-4+;/t22-,23+,26-,29+,33-,34-;/m0./s1. The third kappa shape index (κ3) is 8.69.